The van der Waals surface area contributed by atoms with Crippen molar-refractivity contribution in [3.8, 4) is 0 Å². The van der Waals surface area contributed by atoms with E-state index in [0.29, 0.717) is 17.8 Å². The van der Waals surface area contributed by atoms with Crippen LogP contribution in [0.2, 0.25) is 0 Å². The van der Waals surface area contributed by atoms with E-state index in [2.05, 4.69) is 10.2 Å². The summed E-state index contributed by atoms with van der Waals surface area (Å²) in [6.45, 7) is 6.65. The first-order valence-electron chi connectivity index (χ1n) is 8.20. The van der Waals surface area contributed by atoms with Gasteiger partial charge in [0.1, 0.15) is 0 Å². The summed E-state index contributed by atoms with van der Waals surface area (Å²) in [6.07, 6.45) is 2.23. The number of rotatable bonds is 6. The van der Waals surface area contributed by atoms with Gasteiger partial charge in [0.2, 0.25) is 5.91 Å². The number of nitrogens with one attached hydrogen (secondary N) is 1. The Hall–Kier alpha value is -1.99. The van der Waals surface area contributed by atoms with E-state index in [0.717, 1.165) is 19.4 Å². The van der Waals surface area contributed by atoms with E-state index in [9.17, 15) is 20.0 Å². The maximum absolute atomic E-state index is 12.2. The minimum atomic E-state index is -0.788. The van der Waals surface area contributed by atoms with Crippen LogP contribution in [0.5, 0.6) is 0 Å². The summed E-state index contributed by atoms with van der Waals surface area (Å²) in [7, 11) is 0. The van der Waals surface area contributed by atoms with Crippen molar-refractivity contribution >= 4 is 17.3 Å². The highest BCUT2D eigenvalue weighted by Gasteiger charge is 2.35. The van der Waals surface area contributed by atoms with Gasteiger partial charge in [0.05, 0.1) is 21.8 Å². The van der Waals surface area contributed by atoms with Crippen molar-refractivity contribution in [3.05, 3.63) is 33.9 Å². The second-order valence-electron chi connectivity index (χ2n) is 6.85. The molecule has 1 aliphatic heterocycles. The van der Waals surface area contributed by atoms with E-state index in [1.165, 1.54) is 6.07 Å². The number of carbonyl (C=O) groups excluding carboxylic acids is 1. The Bertz CT molecular complexity index is 625. The molecule has 2 N–H and O–H groups in total. The van der Waals surface area contributed by atoms with Gasteiger partial charge in [-0.05, 0) is 46.2 Å². The molecule has 7 heteroatoms. The Labute approximate surface area is 141 Å². The summed E-state index contributed by atoms with van der Waals surface area (Å²) in [5.74, 6) is -0.181. The fourth-order valence-electron chi connectivity index (χ4n) is 3.31. The van der Waals surface area contributed by atoms with E-state index in [1.54, 1.807) is 32.9 Å². The van der Waals surface area contributed by atoms with Crippen LogP contribution in [0.4, 0.5) is 11.4 Å². The highest BCUT2D eigenvalue weighted by atomic mass is 16.6. The van der Waals surface area contributed by atoms with Crippen molar-refractivity contribution in [3.63, 3.8) is 0 Å². The molecule has 0 spiro atoms. The van der Waals surface area contributed by atoms with Crippen LogP contribution in [0.1, 0.15) is 38.7 Å². The number of benzene rings is 1. The van der Waals surface area contributed by atoms with Crippen molar-refractivity contribution in [2.24, 2.45) is 0 Å². The first-order chi connectivity index (χ1) is 11.2. The Morgan fingerprint density at radius 1 is 1.50 bits per heavy atom. The number of nitro groups is 1. The quantitative estimate of drug-likeness (QED) is 0.615. The Morgan fingerprint density at radius 3 is 2.83 bits per heavy atom. The lowest BCUT2D eigenvalue weighted by atomic mass is 9.96. The van der Waals surface area contributed by atoms with Crippen LogP contribution in [-0.4, -0.2) is 45.6 Å². The van der Waals surface area contributed by atoms with Crippen molar-refractivity contribution in [1.29, 1.82) is 0 Å². The zero-order valence-corrected chi connectivity index (χ0v) is 14.4. The lowest BCUT2D eigenvalue weighted by Crippen LogP contribution is -2.46. The van der Waals surface area contributed by atoms with Gasteiger partial charge < -0.3 is 10.4 Å². The smallest absolute Gasteiger partial charge is 0.274 e. The van der Waals surface area contributed by atoms with E-state index in [1.807, 2.05) is 0 Å². The zero-order valence-electron chi connectivity index (χ0n) is 14.4. The molecule has 132 valence electrons. The van der Waals surface area contributed by atoms with Gasteiger partial charge >= 0.3 is 0 Å². The zero-order chi connectivity index (χ0) is 17.9. The predicted molar refractivity (Wildman–Crippen MR) is 92.0 cm³/mol. The molecule has 1 heterocycles. The average Bonchev–Trinajstić information content (AvgIpc) is 2.95. The number of likely N-dealkylation sites (tertiary alicyclic amines) is 1. The summed E-state index contributed by atoms with van der Waals surface area (Å²) in [6, 6.07) is 4.70. The lowest BCUT2D eigenvalue weighted by molar-refractivity contribution is -0.385. The first-order valence-corrected chi connectivity index (χ1v) is 8.20. The number of nitro benzene ring substituents is 1. The highest BCUT2D eigenvalue weighted by molar-refractivity contribution is 5.92. The minimum absolute atomic E-state index is 0.00515. The summed E-state index contributed by atoms with van der Waals surface area (Å²) >= 11 is 0. The van der Waals surface area contributed by atoms with Crippen LogP contribution >= 0.6 is 0 Å². The number of anilines is 1. The van der Waals surface area contributed by atoms with Crippen LogP contribution in [0, 0.1) is 17.0 Å². The van der Waals surface area contributed by atoms with Crippen LogP contribution in [0.3, 0.4) is 0 Å². The molecule has 0 saturated carbocycles. The molecule has 1 aromatic carbocycles. The van der Waals surface area contributed by atoms with E-state index in [4.69, 9.17) is 0 Å². The van der Waals surface area contributed by atoms with Crippen LogP contribution in [0.25, 0.3) is 0 Å². The number of hydrogen-bond acceptors (Lipinski definition) is 5. The summed E-state index contributed by atoms with van der Waals surface area (Å²) < 4.78 is 0. The van der Waals surface area contributed by atoms with Crippen LogP contribution in [0.15, 0.2) is 18.2 Å². The maximum Gasteiger partial charge on any atom is 0.274 e. The molecular formula is C17H25N3O4. The molecule has 24 heavy (non-hydrogen) atoms. The predicted octanol–water partition coefficient (Wildman–Crippen LogP) is 2.47. The fourth-order valence-corrected chi connectivity index (χ4v) is 3.31. The second-order valence-corrected chi connectivity index (χ2v) is 6.85. The molecule has 0 aromatic heterocycles. The van der Waals surface area contributed by atoms with Crippen LogP contribution in [-0.2, 0) is 4.79 Å². The third-order valence-electron chi connectivity index (χ3n) is 4.58. The first kappa shape index (κ1) is 18.4. The maximum atomic E-state index is 12.2. The van der Waals surface area contributed by atoms with Crippen molar-refractivity contribution in [2.75, 3.05) is 18.4 Å². The standard InChI is InChI=1S/C17H25N3O4/c1-12-13(6-4-7-14(12)20(23)24)18-16(21)9-11-19-10-5-8-15(19)17(2,3)22/h4,6-7,15,22H,5,8-11H2,1-3H3,(H,18,21). The molecule has 0 aliphatic carbocycles. The summed E-state index contributed by atoms with van der Waals surface area (Å²) in [5, 5.41) is 23.9. The van der Waals surface area contributed by atoms with Crippen molar-refractivity contribution in [2.45, 2.75) is 51.7 Å². The highest BCUT2D eigenvalue weighted by Crippen LogP contribution is 2.27. The molecule has 1 fully saturated rings. The molecule has 2 rings (SSSR count). The normalized spacial score (nSPS) is 18.6. The van der Waals surface area contributed by atoms with Gasteiger partial charge in [-0.2, -0.15) is 0 Å². The molecular weight excluding hydrogens is 310 g/mol. The molecule has 7 nitrogen and oxygen atoms in total. The fraction of sp³-hybridized carbons (Fsp3) is 0.588. The summed E-state index contributed by atoms with van der Waals surface area (Å²) in [5.41, 5.74) is 0.124. The van der Waals surface area contributed by atoms with Gasteiger partial charge in [-0.3, -0.25) is 19.8 Å². The number of hydrogen-bond donors (Lipinski definition) is 2. The van der Waals surface area contributed by atoms with Crippen molar-refractivity contribution in [1.82, 2.24) is 4.90 Å². The van der Waals surface area contributed by atoms with Gasteiger partial charge in [-0.15, -0.1) is 0 Å². The Balaban J connectivity index is 1.95. The van der Waals surface area contributed by atoms with Crippen LogP contribution < -0.4 is 5.32 Å². The molecule has 1 aromatic rings. The van der Waals surface area contributed by atoms with E-state index >= 15 is 0 Å². The van der Waals surface area contributed by atoms with Crippen molar-refractivity contribution < 1.29 is 14.8 Å². The SMILES string of the molecule is Cc1c(NC(=O)CCN2CCCC2C(C)(C)O)cccc1[N+](=O)[O-]. The molecule has 0 bridgehead atoms. The molecule has 1 saturated heterocycles. The largest absolute Gasteiger partial charge is 0.389 e. The second kappa shape index (κ2) is 7.27. The summed E-state index contributed by atoms with van der Waals surface area (Å²) in [4.78, 5) is 24.8. The molecule has 1 aliphatic rings. The topological polar surface area (TPSA) is 95.7 Å². The van der Waals surface area contributed by atoms with Gasteiger partial charge in [0, 0.05) is 25.1 Å². The molecule has 0 radical (unpaired) electrons. The number of amides is 1. The number of nitrogens with zero attached hydrogens (tertiary/aromatic N) is 2. The van der Waals surface area contributed by atoms with Gasteiger partial charge in [-0.1, -0.05) is 6.07 Å². The Morgan fingerprint density at radius 2 is 2.21 bits per heavy atom. The number of carbonyl (C=O) groups is 1. The molecule has 1 unspecified atom stereocenters. The average molecular weight is 335 g/mol. The third-order valence-corrected chi connectivity index (χ3v) is 4.58. The third kappa shape index (κ3) is 4.30. The number of aliphatic hydroxyl groups is 1. The lowest BCUT2D eigenvalue weighted by Gasteiger charge is -2.33. The Kier molecular flexibility index (Phi) is 5.56. The van der Waals surface area contributed by atoms with Gasteiger partial charge in [0.25, 0.3) is 5.69 Å². The van der Waals surface area contributed by atoms with Gasteiger partial charge in [-0.25, -0.2) is 0 Å². The monoisotopic (exact) mass is 335 g/mol. The van der Waals surface area contributed by atoms with Gasteiger partial charge in [0.15, 0.2) is 0 Å². The molecule has 1 amide bonds. The van der Waals surface area contributed by atoms with E-state index < -0.39 is 10.5 Å². The van der Waals surface area contributed by atoms with E-state index in [-0.39, 0.29) is 24.1 Å². The molecule has 1 atom stereocenters. The minimum Gasteiger partial charge on any atom is -0.389 e.